The highest BCUT2D eigenvalue weighted by Crippen LogP contribution is 2.38. The molecule has 1 unspecified atom stereocenters. The molecule has 1 aliphatic carbocycles. The van der Waals surface area contributed by atoms with E-state index in [1.54, 1.807) is 6.07 Å². The Labute approximate surface area is 115 Å². The summed E-state index contributed by atoms with van der Waals surface area (Å²) in [5.41, 5.74) is 5.58. The number of hydrogen-bond acceptors (Lipinski definition) is 2. The highest BCUT2D eigenvalue weighted by Gasteiger charge is 2.29. The molecule has 0 radical (unpaired) electrons. The summed E-state index contributed by atoms with van der Waals surface area (Å²) in [7, 11) is 0. The summed E-state index contributed by atoms with van der Waals surface area (Å²) >= 11 is 0. The van der Waals surface area contributed by atoms with E-state index >= 15 is 0 Å². The minimum atomic E-state index is -0.126. The summed E-state index contributed by atoms with van der Waals surface area (Å²) in [6, 6.07) is 3.58. The van der Waals surface area contributed by atoms with E-state index in [0.717, 1.165) is 35.4 Å². The van der Waals surface area contributed by atoms with Gasteiger partial charge in [0.05, 0.1) is 6.04 Å². The highest BCUT2D eigenvalue weighted by atomic mass is 19.1. The van der Waals surface area contributed by atoms with Crippen LogP contribution in [0.15, 0.2) is 12.1 Å². The Kier molecular flexibility index (Phi) is 4.58. The Bertz CT molecular complexity index is 413. The molecule has 0 saturated heterocycles. The van der Waals surface area contributed by atoms with Crippen molar-refractivity contribution < 1.29 is 4.39 Å². The van der Waals surface area contributed by atoms with E-state index in [0.29, 0.717) is 5.92 Å². The number of aryl methyl sites for hydroxylation is 2. The molecule has 0 bridgehead atoms. The SMILES string of the molecule is Cc1cc(C)c(C(NN)C2CCC(C)CC2)c(F)c1. The van der Waals surface area contributed by atoms with Gasteiger partial charge in [0, 0.05) is 5.56 Å². The van der Waals surface area contributed by atoms with Gasteiger partial charge in [0.2, 0.25) is 0 Å². The first-order chi connectivity index (χ1) is 9.02. The fourth-order valence-corrected chi connectivity index (χ4v) is 3.40. The van der Waals surface area contributed by atoms with Crippen LogP contribution < -0.4 is 11.3 Å². The zero-order valence-corrected chi connectivity index (χ0v) is 12.2. The van der Waals surface area contributed by atoms with Crippen molar-refractivity contribution in [1.29, 1.82) is 0 Å². The van der Waals surface area contributed by atoms with E-state index in [1.807, 2.05) is 19.9 Å². The highest BCUT2D eigenvalue weighted by molar-refractivity contribution is 5.34. The molecule has 0 aliphatic heterocycles. The standard InChI is InChI=1S/C16H25FN2/c1-10-4-6-13(7-5-10)16(19-18)15-12(3)8-11(2)9-14(15)17/h8-10,13,16,19H,4-7,18H2,1-3H3. The molecule has 1 fully saturated rings. The molecule has 1 aromatic rings. The lowest BCUT2D eigenvalue weighted by Crippen LogP contribution is -2.36. The van der Waals surface area contributed by atoms with Gasteiger partial charge in [-0.3, -0.25) is 11.3 Å². The number of hydrogen-bond donors (Lipinski definition) is 2. The molecule has 2 rings (SSSR count). The molecule has 0 spiro atoms. The van der Waals surface area contributed by atoms with Crippen LogP contribution >= 0.6 is 0 Å². The van der Waals surface area contributed by atoms with Crippen molar-refractivity contribution in [2.45, 2.75) is 52.5 Å². The van der Waals surface area contributed by atoms with E-state index in [1.165, 1.54) is 12.8 Å². The molecule has 0 amide bonds. The van der Waals surface area contributed by atoms with Gasteiger partial charge in [-0.2, -0.15) is 0 Å². The number of nitrogens with one attached hydrogen (secondary N) is 1. The van der Waals surface area contributed by atoms with Gasteiger partial charge in [-0.15, -0.1) is 0 Å². The van der Waals surface area contributed by atoms with Crippen LogP contribution in [0.4, 0.5) is 4.39 Å². The molecule has 1 aromatic carbocycles. The van der Waals surface area contributed by atoms with Crippen LogP contribution in [0.25, 0.3) is 0 Å². The Morgan fingerprint density at radius 1 is 1.21 bits per heavy atom. The van der Waals surface area contributed by atoms with Crippen molar-refractivity contribution in [3.05, 3.63) is 34.6 Å². The lowest BCUT2D eigenvalue weighted by molar-refractivity contribution is 0.229. The Balaban J connectivity index is 2.27. The third kappa shape index (κ3) is 3.15. The molecule has 19 heavy (non-hydrogen) atoms. The maximum Gasteiger partial charge on any atom is 0.128 e. The fraction of sp³-hybridized carbons (Fsp3) is 0.625. The first-order valence-electron chi connectivity index (χ1n) is 7.25. The summed E-state index contributed by atoms with van der Waals surface area (Å²) in [4.78, 5) is 0. The number of nitrogens with two attached hydrogens (primary N) is 1. The second-order valence-electron chi connectivity index (χ2n) is 6.14. The fourth-order valence-electron chi connectivity index (χ4n) is 3.40. The summed E-state index contributed by atoms with van der Waals surface area (Å²) in [5, 5.41) is 0. The van der Waals surface area contributed by atoms with Gasteiger partial charge < -0.3 is 0 Å². The summed E-state index contributed by atoms with van der Waals surface area (Å²) in [6.45, 7) is 6.19. The number of benzene rings is 1. The van der Waals surface area contributed by atoms with Crippen molar-refractivity contribution in [3.63, 3.8) is 0 Å². The maximum atomic E-state index is 14.3. The number of hydrazine groups is 1. The second-order valence-corrected chi connectivity index (χ2v) is 6.14. The third-order valence-corrected chi connectivity index (χ3v) is 4.50. The first kappa shape index (κ1) is 14.5. The summed E-state index contributed by atoms with van der Waals surface area (Å²) in [6.07, 6.45) is 4.69. The first-order valence-corrected chi connectivity index (χ1v) is 7.25. The number of rotatable bonds is 3. The molecule has 0 heterocycles. The zero-order valence-electron chi connectivity index (χ0n) is 12.2. The second kappa shape index (κ2) is 6.02. The predicted octanol–water partition coefficient (Wildman–Crippen LogP) is 3.77. The van der Waals surface area contributed by atoms with Gasteiger partial charge in [0.25, 0.3) is 0 Å². The largest absolute Gasteiger partial charge is 0.271 e. The smallest absolute Gasteiger partial charge is 0.128 e. The minimum Gasteiger partial charge on any atom is -0.271 e. The van der Waals surface area contributed by atoms with E-state index in [2.05, 4.69) is 12.3 Å². The van der Waals surface area contributed by atoms with Crippen molar-refractivity contribution in [2.24, 2.45) is 17.7 Å². The quantitative estimate of drug-likeness (QED) is 0.644. The Morgan fingerprint density at radius 3 is 2.37 bits per heavy atom. The Morgan fingerprint density at radius 2 is 1.84 bits per heavy atom. The van der Waals surface area contributed by atoms with Crippen molar-refractivity contribution in [3.8, 4) is 0 Å². The van der Waals surface area contributed by atoms with Crippen LogP contribution in [-0.2, 0) is 0 Å². The van der Waals surface area contributed by atoms with E-state index in [9.17, 15) is 4.39 Å². The minimum absolute atomic E-state index is 0.0619. The molecule has 3 heteroatoms. The average molecular weight is 264 g/mol. The zero-order chi connectivity index (χ0) is 14.0. The summed E-state index contributed by atoms with van der Waals surface area (Å²) < 4.78 is 14.3. The molecule has 1 saturated carbocycles. The van der Waals surface area contributed by atoms with Crippen molar-refractivity contribution in [2.75, 3.05) is 0 Å². The molecule has 106 valence electrons. The van der Waals surface area contributed by atoms with Gasteiger partial charge in [-0.05, 0) is 55.7 Å². The van der Waals surface area contributed by atoms with Crippen molar-refractivity contribution >= 4 is 0 Å². The lowest BCUT2D eigenvalue weighted by Gasteiger charge is -2.33. The van der Waals surface area contributed by atoms with Gasteiger partial charge in [-0.1, -0.05) is 25.8 Å². The molecular weight excluding hydrogens is 239 g/mol. The van der Waals surface area contributed by atoms with Crippen LogP contribution in [-0.4, -0.2) is 0 Å². The molecule has 3 N–H and O–H groups in total. The van der Waals surface area contributed by atoms with E-state index in [-0.39, 0.29) is 11.9 Å². The predicted molar refractivity (Wildman–Crippen MR) is 77.1 cm³/mol. The van der Waals surface area contributed by atoms with Gasteiger partial charge in [-0.25, -0.2) is 4.39 Å². The molecule has 0 aromatic heterocycles. The van der Waals surface area contributed by atoms with Gasteiger partial charge in [0.1, 0.15) is 5.82 Å². The van der Waals surface area contributed by atoms with Crippen LogP contribution in [0.5, 0.6) is 0 Å². The van der Waals surface area contributed by atoms with Crippen LogP contribution in [0, 0.1) is 31.5 Å². The maximum absolute atomic E-state index is 14.3. The van der Waals surface area contributed by atoms with Crippen LogP contribution in [0.1, 0.15) is 55.3 Å². The molecular formula is C16H25FN2. The van der Waals surface area contributed by atoms with Crippen LogP contribution in [0.3, 0.4) is 0 Å². The molecule has 1 atom stereocenters. The average Bonchev–Trinajstić information content (AvgIpc) is 2.35. The molecule has 2 nitrogen and oxygen atoms in total. The van der Waals surface area contributed by atoms with Gasteiger partial charge >= 0.3 is 0 Å². The summed E-state index contributed by atoms with van der Waals surface area (Å²) in [5.74, 6) is 6.84. The van der Waals surface area contributed by atoms with Crippen LogP contribution in [0.2, 0.25) is 0 Å². The topological polar surface area (TPSA) is 38.0 Å². The van der Waals surface area contributed by atoms with Gasteiger partial charge in [0.15, 0.2) is 0 Å². The Hall–Kier alpha value is -0.930. The van der Waals surface area contributed by atoms with E-state index in [4.69, 9.17) is 5.84 Å². The molecule has 1 aliphatic rings. The van der Waals surface area contributed by atoms with Crippen molar-refractivity contribution in [1.82, 2.24) is 5.43 Å². The normalized spacial score (nSPS) is 25.3. The number of halogens is 1. The third-order valence-electron chi connectivity index (χ3n) is 4.50. The van der Waals surface area contributed by atoms with E-state index < -0.39 is 0 Å². The monoisotopic (exact) mass is 264 g/mol. The lowest BCUT2D eigenvalue weighted by atomic mass is 9.76.